The third kappa shape index (κ3) is 6.65. The predicted molar refractivity (Wildman–Crippen MR) is 99.6 cm³/mol. The van der Waals surface area contributed by atoms with Gasteiger partial charge < -0.3 is 16.0 Å². The van der Waals surface area contributed by atoms with Crippen molar-refractivity contribution in [2.45, 2.75) is 13.5 Å². The van der Waals surface area contributed by atoms with Crippen LogP contribution in [0.25, 0.3) is 0 Å². The number of aryl methyl sites for hydroxylation is 1. The molecule has 136 valence electrons. The van der Waals surface area contributed by atoms with Crippen LogP contribution in [0.5, 0.6) is 0 Å². The van der Waals surface area contributed by atoms with E-state index >= 15 is 0 Å². The Bertz CT molecular complexity index is 535. The minimum Gasteiger partial charge on any atom is -0.346 e. The highest BCUT2D eigenvalue weighted by molar-refractivity contribution is 5.86. The minimum absolute atomic E-state index is 0. The number of rotatable bonds is 5. The molecule has 1 aromatic rings. The number of nitrogens with zero attached hydrogens (tertiary/aromatic N) is 2. The minimum atomic E-state index is -0.300. The Morgan fingerprint density at radius 1 is 1.12 bits per heavy atom. The van der Waals surface area contributed by atoms with Crippen LogP contribution in [0.4, 0.5) is 0 Å². The van der Waals surface area contributed by atoms with Crippen molar-refractivity contribution in [2.75, 3.05) is 39.3 Å². The molecule has 1 saturated heterocycles. The molecule has 8 heteroatoms. The zero-order valence-electron chi connectivity index (χ0n) is 13.9. The van der Waals surface area contributed by atoms with Crippen molar-refractivity contribution in [2.24, 2.45) is 5.73 Å². The van der Waals surface area contributed by atoms with Crippen LogP contribution in [-0.4, -0.2) is 60.9 Å². The smallest absolute Gasteiger partial charge is 0.242 e. The van der Waals surface area contributed by atoms with Gasteiger partial charge in [-0.15, -0.1) is 24.8 Å². The largest absolute Gasteiger partial charge is 0.346 e. The number of hydrogen-bond donors (Lipinski definition) is 2. The van der Waals surface area contributed by atoms with Crippen molar-refractivity contribution < 1.29 is 9.59 Å². The molecule has 0 radical (unpaired) electrons. The SMILES string of the molecule is Cc1ccccc1CN1CCN(C(=O)CNC(=O)CN)CC1.Cl.Cl. The molecule has 2 amide bonds. The van der Waals surface area contributed by atoms with E-state index in [9.17, 15) is 9.59 Å². The van der Waals surface area contributed by atoms with Gasteiger partial charge in [0.2, 0.25) is 11.8 Å². The Morgan fingerprint density at radius 3 is 2.33 bits per heavy atom. The standard InChI is InChI=1S/C16H24N4O2.2ClH/c1-13-4-2-3-5-14(13)12-19-6-8-20(9-7-19)16(22)11-18-15(21)10-17;;/h2-5H,6-12,17H2,1H3,(H,18,21);2*1H. The molecule has 1 aliphatic rings. The van der Waals surface area contributed by atoms with Crippen molar-refractivity contribution in [3.8, 4) is 0 Å². The van der Waals surface area contributed by atoms with Gasteiger partial charge in [0.05, 0.1) is 13.1 Å². The van der Waals surface area contributed by atoms with E-state index in [1.165, 1.54) is 11.1 Å². The van der Waals surface area contributed by atoms with Crippen LogP contribution in [-0.2, 0) is 16.1 Å². The average molecular weight is 377 g/mol. The Balaban J connectivity index is 0.00000264. The van der Waals surface area contributed by atoms with Gasteiger partial charge in [0, 0.05) is 32.7 Å². The van der Waals surface area contributed by atoms with E-state index in [1.807, 2.05) is 6.07 Å². The van der Waals surface area contributed by atoms with Gasteiger partial charge in [-0.1, -0.05) is 24.3 Å². The highest BCUT2D eigenvalue weighted by Gasteiger charge is 2.21. The number of nitrogens with one attached hydrogen (secondary N) is 1. The Morgan fingerprint density at radius 2 is 1.75 bits per heavy atom. The molecule has 0 unspecified atom stereocenters. The number of carbonyl (C=O) groups is 2. The first-order valence-electron chi connectivity index (χ1n) is 7.61. The van der Waals surface area contributed by atoms with Crippen molar-refractivity contribution in [1.82, 2.24) is 15.1 Å². The first kappa shape index (κ1) is 22.7. The van der Waals surface area contributed by atoms with Crippen LogP contribution in [0, 0.1) is 6.92 Å². The highest BCUT2D eigenvalue weighted by Crippen LogP contribution is 2.12. The Kier molecular flexibility index (Phi) is 10.6. The molecule has 3 N–H and O–H groups in total. The van der Waals surface area contributed by atoms with E-state index < -0.39 is 0 Å². The Labute approximate surface area is 155 Å². The van der Waals surface area contributed by atoms with Crippen LogP contribution < -0.4 is 11.1 Å². The maximum Gasteiger partial charge on any atom is 0.242 e. The number of nitrogens with two attached hydrogens (primary N) is 1. The molecule has 2 rings (SSSR count). The number of halogens is 2. The fourth-order valence-corrected chi connectivity index (χ4v) is 2.54. The quantitative estimate of drug-likeness (QED) is 0.786. The lowest BCUT2D eigenvalue weighted by Gasteiger charge is -2.35. The summed E-state index contributed by atoms with van der Waals surface area (Å²) in [5, 5.41) is 2.52. The third-order valence-electron chi connectivity index (χ3n) is 4.00. The molecule has 0 saturated carbocycles. The summed E-state index contributed by atoms with van der Waals surface area (Å²) in [6, 6.07) is 8.37. The summed E-state index contributed by atoms with van der Waals surface area (Å²) in [5.41, 5.74) is 7.82. The Hall–Kier alpha value is -1.34. The molecule has 0 spiro atoms. The molecular formula is C16H26Cl2N4O2. The van der Waals surface area contributed by atoms with Crippen LogP contribution in [0.2, 0.25) is 0 Å². The first-order chi connectivity index (χ1) is 10.6. The van der Waals surface area contributed by atoms with Gasteiger partial charge in [-0.05, 0) is 18.1 Å². The lowest BCUT2D eigenvalue weighted by atomic mass is 10.1. The third-order valence-corrected chi connectivity index (χ3v) is 4.00. The van der Waals surface area contributed by atoms with Crippen molar-refractivity contribution >= 4 is 36.6 Å². The average Bonchev–Trinajstić information content (AvgIpc) is 2.55. The summed E-state index contributed by atoms with van der Waals surface area (Å²) in [5.74, 6) is -0.344. The molecular weight excluding hydrogens is 351 g/mol. The van der Waals surface area contributed by atoms with E-state index in [0.29, 0.717) is 13.1 Å². The van der Waals surface area contributed by atoms with Gasteiger partial charge in [0.15, 0.2) is 0 Å². The molecule has 0 aromatic heterocycles. The number of benzene rings is 1. The van der Waals surface area contributed by atoms with Crippen molar-refractivity contribution in [3.63, 3.8) is 0 Å². The van der Waals surface area contributed by atoms with E-state index in [2.05, 4.69) is 35.3 Å². The molecule has 24 heavy (non-hydrogen) atoms. The fourth-order valence-electron chi connectivity index (χ4n) is 2.54. The number of carbonyl (C=O) groups excluding carboxylic acids is 2. The summed E-state index contributed by atoms with van der Waals surface area (Å²) in [6.45, 7) is 6.08. The highest BCUT2D eigenvalue weighted by atomic mass is 35.5. The lowest BCUT2D eigenvalue weighted by Crippen LogP contribution is -2.51. The maximum absolute atomic E-state index is 12.0. The lowest BCUT2D eigenvalue weighted by molar-refractivity contribution is -0.134. The normalized spacial score (nSPS) is 14.3. The summed E-state index contributed by atoms with van der Waals surface area (Å²) in [4.78, 5) is 27.2. The topological polar surface area (TPSA) is 78.7 Å². The van der Waals surface area contributed by atoms with Crippen LogP contribution in [0.1, 0.15) is 11.1 Å². The maximum atomic E-state index is 12.0. The van der Waals surface area contributed by atoms with Crippen LogP contribution >= 0.6 is 24.8 Å². The second-order valence-electron chi connectivity index (χ2n) is 5.56. The van der Waals surface area contributed by atoms with Gasteiger partial charge in [0.25, 0.3) is 0 Å². The molecule has 0 bridgehead atoms. The summed E-state index contributed by atoms with van der Waals surface area (Å²) in [7, 11) is 0. The molecule has 1 fully saturated rings. The van der Waals surface area contributed by atoms with Crippen LogP contribution in [0.15, 0.2) is 24.3 Å². The number of piperazine rings is 1. The number of amides is 2. The fraction of sp³-hybridized carbons (Fsp3) is 0.500. The van der Waals surface area contributed by atoms with E-state index in [4.69, 9.17) is 5.73 Å². The summed E-state index contributed by atoms with van der Waals surface area (Å²) < 4.78 is 0. The van der Waals surface area contributed by atoms with E-state index in [0.717, 1.165) is 19.6 Å². The zero-order valence-corrected chi connectivity index (χ0v) is 15.5. The molecule has 0 aliphatic carbocycles. The number of hydrogen-bond acceptors (Lipinski definition) is 4. The molecule has 1 aliphatic heterocycles. The van der Waals surface area contributed by atoms with Gasteiger partial charge in [-0.2, -0.15) is 0 Å². The molecule has 0 atom stereocenters. The van der Waals surface area contributed by atoms with Gasteiger partial charge in [-0.3, -0.25) is 14.5 Å². The second kappa shape index (κ2) is 11.3. The molecule has 1 aromatic carbocycles. The van der Waals surface area contributed by atoms with Gasteiger partial charge in [0.1, 0.15) is 0 Å². The molecule has 6 nitrogen and oxygen atoms in total. The summed E-state index contributed by atoms with van der Waals surface area (Å²) >= 11 is 0. The van der Waals surface area contributed by atoms with Crippen LogP contribution in [0.3, 0.4) is 0 Å². The second-order valence-corrected chi connectivity index (χ2v) is 5.56. The monoisotopic (exact) mass is 376 g/mol. The van der Waals surface area contributed by atoms with Crippen molar-refractivity contribution in [1.29, 1.82) is 0 Å². The predicted octanol–water partition coefficient (Wildman–Crippen LogP) is 0.558. The van der Waals surface area contributed by atoms with Crippen molar-refractivity contribution in [3.05, 3.63) is 35.4 Å². The van der Waals surface area contributed by atoms with Gasteiger partial charge >= 0.3 is 0 Å². The van der Waals surface area contributed by atoms with E-state index in [-0.39, 0.29) is 49.7 Å². The first-order valence-corrected chi connectivity index (χ1v) is 7.61. The summed E-state index contributed by atoms with van der Waals surface area (Å²) in [6.07, 6.45) is 0. The van der Waals surface area contributed by atoms with E-state index in [1.54, 1.807) is 4.90 Å². The molecule has 1 heterocycles. The van der Waals surface area contributed by atoms with Gasteiger partial charge in [-0.25, -0.2) is 0 Å². The zero-order chi connectivity index (χ0) is 15.9.